The quantitative estimate of drug-likeness (QED) is 0.395. The van der Waals surface area contributed by atoms with E-state index < -0.39 is 10.0 Å². The Morgan fingerprint density at radius 3 is 2.59 bits per heavy atom. The smallest absolute Gasteiger partial charge is 0.0453 e. The molecule has 4 aliphatic carbocycles. The van der Waals surface area contributed by atoms with Crippen molar-refractivity contribution in [2.75, 3.05) is 12.0 Å². The van der Waals surface area contributed by atoms with Crippen molar-refractivity contribution in [2.45, 2.75) is 94.5 Å². The van der Waals surface area contributed by atoms with Crippen LogP contribution in [0.5, 0.6) is 0 Å². The van der Waals surface area contributed by atoms with Gasteiger partial charge in [0.15, 0.2) is 0 Å². The third kappa shape index (κ3) is 3.17. The first-order chi connectivity index (χ1) is 15.4. The summed E-state index contributed by atoms with van der Waals surface area (Å²) < 4.78 is 0.443. The fourth-order valence-electron chi connectivity index (χ4n) is 7.36. The van der Waals surface area contributed by atoms with Crippen LogP contribution in [0, 0.1) is 0 Å². The first kappa shape index (κ1) is 22.3. The summed E-state index contributed by atoms with van der Waals surface area (Å²) >= 11 is 0. The summed E-state index contributed by atoms with van der Waals surface area (Å²) in [6, 6.07) is 9.36. The van der Waals surface area contributed by atoms with Crippen LogP contribution < -0.4 is 0 Å². The minimum atomic E-state index is -1.04. The van der Waals surface area contributed by atoms with Crippen molar-refractivity contribution >= 4 is 16.1 Å². The van der Waals surface area contributed by atoms with E-state index in [1.54, 1.807) is 27.9 Å². The van der Waals surface area contributed by atoms with Gasteiger partial charge in [-0.1, -0.05) is 66.6 Å². The van der Waals surface area contributed by atoms with Gasteiger partial charge >= 0.3 is 0 Å². The minimum Gasteiger partial charge on any atom is -0.222 e. The SMILES string of the molecule is CCS(C)(C1(C)CCC2=C1C=CCCC2)C1(C)C(CC2=CCCCC2)=Cc2ccccc21. The molecule has 1 aromatic rings. The predicted octanol–water partition coefficient (Wildman–Crippen LogP) is 9.23. The summed E-state index contributed by atoms with van der Waals surface area (Å²) in [6.45, 7) is 7.81. The van der Waals surface area contributed by atoms with Gasteiger partial charge in [0.25, 0.3) is 0 Å². The first-order valence-electron chi connectivity index (χ1n) is 13.1. The molecule has 0 fully saturated rings. The van der Waals surface area contributed by atoms with Crippen LogP contribution in [0.4, 0.5) is 0 Å². The molecular formula is C31H42S. The van der Waals surface area contributed by atoms with Crippen LogP contribution in [0.1, 0.15) is 96.1 Å². The number of rotatable bonds is 5. The number of fused-ring (bicyclic) bond motifs is 1. The maximum absolute atomic E-state index is 2.73. The van der Waals surface area contributed by atoms with E-state index in [4.69, 9.17) is 0 Å². The summed E-state index contributed by atoms with van der Waals surface area (Å²) in [5, 5.41) is 0. The average Bonchev–Trinajstić information content (AvgIpc) is 3.17. The van der Waals surface area contributed by atoms with Crippen molar-refractivity contribution in [3.63, 3.8) is 0 Å². The molecule has 0 bridgehead atoms. The molecule has 0 radical (unpaired) electrons. The molecule has 172 valence electrons. The Hall–Kier alpha value is -1.47. The van der Waals surface area contributed by atoms with E-state index in [1.165, 1.54) is 75.5 Å². The summed E-state index contributed by atoms with van der Waals surface area (Å²) in [6.07, 6.45) is 26.0. The van der Waals surface area contributed by atoms with E-state index in [9.17, 15) is 0 Å². The topological polar surface area (TPSA) is 0 Å². The molecule has 1 aromatic carbocycles. The van der Waals surface area contributed by atoms with Gasteiger partial charge in [0.05, 0.1) is 0 Å². The average molecular weight is 447 g/mol. The van der Waals surface area contributed by atoms with Crippen molar-refractivity contribution in [2.24, 2.45) is 0 Å². The molecule has 0 heterocycles. The molecule has 0 aromatic heterocycles. The van der Waals surface area contributed by atoms with Crippen LogP contribution in [0.15, 0.2) is 64.8 Å². The van der Waals surface area contributed by atoms with E-state index in [2.05, 4.69) is 75.6 Å². The zero-order chi connectivity index (χ0) is 22.4. The third-order valence-electron chi connectivity index (χ3n) is 9.68. The summed E-state index contributed by atoms with van der Waals surface area (Å²) in [4.78, 5) is 0. The van der Waals surface area contributed by atoms with Crippen molar-refractivity contribution in [1.82, 2.24) is 0 Å². The summed E-state index contributed by atoms with van der Waals surface area (Å²) in [5.74, 6) is 1.29. The third-order valence-corrected chi connectivity index (χ3v) is 15.5. The lowest BCUT2D eigenvalue weighted by Crippen LogP contribution is -2.44. The Morgan fingerprint density at radius 2 is 1.81 bits per heavy atom. The zero-order valence-corrected chi connectivity index (χ0v) is 21.6. The Morgan fingerprint density at radius 1 is 0.969 bits per heavy atom. The molecular weight excluding hydrogens is 404 g/mol. The van der Waals surface area contributed by atoms with Gasteiger partial charge in [-0.2, -0.15) is 0 Å². The molecule has 1 heteroatoms. The Balaban J connectivity index is 1.65. The molecule has 4 aliphatic rings. The van der Waals surface area contributed by atoms with E-state index in [0.717, 1.165) is 0 Å². The molecule has 0 nitrogen and oxygen atoms in total. The minimum absolute atomic E-state index is 0.147. The van der Waals surface area contributed by atoms with E-state index in [1.807, 2.05) is 0 Å². The standard InChI is InChI=1S/C31H42S/c1-5-32(4,30(2)21-20-25-16-10-7-11-18-28(25)30)31(3)27(22-24-14-8-6-9-15-24)23-26-17-12-13-19-29(26)31/h11-14,17-19,23H,5-10,15-16,20-22H2,1-4H3. The molecule has 32 heavy (non-hydrogen) atoms. The molecule has 3 unspecified atom stereocenters. The molecule has 0 aliphatic heterocycles. The fraction of sp³-hybridized carbons (Fsp3) is 0.548. The van der Waals surface area contributed by atoms with E-state index >= 15 is 0 Å². The second kappa shape index (κ2) is 8.39. The normalized spacial score (nSPS) is 32.5. The number of allylic oxidation sites excluding steroid dienone is 5. The Kier molecular flexibility index (Phi) is 5.85. The van der Waals surface area contributed by atoms with Gasteiger partial charge in [0.2, 0.25) is 0 Å². The molecule has 0 saturated heterocycles. The zero-order valence-electron chi connectivity index (χ0n) is 20.8. The summed E-state index contributed by atoms with van der Waals surface area (Å²) in [5.41, 5.74) is 10.0. The fourth-order valence-corrected chi connectivity index (χ4v) is 12.1. The number of hydrogen-bond donors (Lipinski definition) is 0. The van der Waals surface area contributed by atoms with Gasteiger partial charge in [-0.15, -0.1) is 0 Å². The number of benzene rings is 1. The second-order valence-electron chi connectivity index (χ2n) is 11.0. The number of hydrogen-bond acceptors (Lipinski definition) is 0. The van der Waals surface area contributed by atoms with Crippen molar-refractivity contribution in [1.29, 1.82) is 0 Å². The van der Waals surface area contributed by atoms with E-state index in [-0.39, 0.29) is 4.75 Å². The van der Waals surface area contributed by atoms with Crippen LogP contribution >= 0.6 is 10.0 Å². The first-order valence-corrected chi connectivity index (χ1v) is 15.3. The van der Waals surface area contributed by atoms with Gasteiger partial charge in [-0.3, -0.25) is 0 Å². The van der Waals surface area contributed by atoms with Crippen molar-refractivity contribution < 1.29 is 0 Å². The predicted molar refractivity (Wildman–Crippen MR) is 145 cm³/mol. The summed E-state index contributed by atoms with van der Waals surface area (Å²) in [7, 11) is -1.04. The van der Waals surface area contributed by atoms with Crippen LogP contribution in [0.3, 0.4) is 0 Å². The van der Waals surface area contributed by atoms with Crippen LogP contribution in [-0.4, -0.2) is 16.8 Å². The van der Waals surface area contributed by atoms with Crippen LogP contribution in [-0.2, 0) is 4.75 Å². The molecule has 0 amide bonds. The van der Waals surface area contributed by atoms with Crippen LogP contribution in [0.2, 0.25) is 0 Å². The van der Waals surface area contributed by atoms with Gasteiger partial charge in [-0.25, -0.2) is 10.0 Å². The van der Waals surface area contributed by atoms with Gasteiger partial charge in [0.1, 0.15) is 0 Å². The maximum atomic E-state index is 2.73. The highest BCUT2D eigenvalue weighted by molar-refractivity contribution is 8.35. The maximum Gasteiger partial charge on any atom is 0.0453 e. The van der Waals surface area contributed by atoms with Gasteiger partial charge in [0, 0.05) is 9.49 Å². The van der Waals surface area contributed by atoms with Gasteiger partial charge in [-0.05, 0) is 112 Å². The highest BCUT2D eigenvalue weighted by atomic mass is 32.3. The monoisotopic (exact) mass is 446 g/mol. The molecule has 5 rings (SSSR count). The van der Waals surface area contributed by atoms with Crippen molar-refractivity contribution in [3.8, 4) is 0 Å². The molecule has 0 saturated carbocycles. The largest absolute Gasteiger partial charge is 0.222 e. The Labute approximate surface area is 198 Å². The van der Waals surface area contributed by atoms with Crippen molar-refractivity contribution in [3.05, 3.63) is 75.9 Å². The Bertz CT molecular complexity index is 1020. The highest BCUT2D eigenvalue weighted by Crippen LogP contribution is 2.78. The van der Waals surface area contributed by atoms with E-state index in [0.29, 0.717) is 4.75 Å². The lowest BCUT2D eigenvalue weighted by Gasteiger charge is -2.61. The highest BCUT2D eigenvalue weighted by Gasteiger charge is 2.57. The second-order valence-corrected chi connectivity index (χ2v) is 15.5. The molecule has 3 atom stereocenters. The molecule has 0 N–H and O–H groups in total. The lowest BCUT2D eigenvalue weighted by molar-refractivity contribution is 0.657. The molecule has 0 spiro atoms. The lowest BCUT2D eigenvalue weighted by atomic mass is 9.88. The van der Waals surface area contributed by atoms with Gasteiger partial charge < -0.3 is 0 Å². The van der Waals surface area contributed by atoms with Crippen LogP contribution in [0.25, 0.3) is 6.08 Å².